The lowest BCUT2D eigenvalue weighted by atomic mass is 10.1. The first-order chi connectivity index (χ1) is 10.6. The maximum atomic E-state index is 5.97. The van der Waals surface area contributed by atoms with Gasteiger partial charge in [0.1, 0.15) is 11.5 Å². The van der Waals surface area contributed by atoms with E-state index in [0.717, 1.165) is 48.3 Å². The summed E-state index contributed by atoms with van der Waals surface area (Å²) in [7, 11) is 0. The van der Waals surface area contributed by atoms with Crippen molar-refractivity contribution >= 4 is 10.8 Å². The Labute approximate surface area is 134 Å². The minimum absolute atomic E-state index is 0.657. The van der Waals surface area contributed by atoms with Crippen LogP contribution in [0.1, 0.15) is 40.5 Å². The van der Waals surface area contributed by atoms with Crippen molar-refractivity contribution in [1.29, 1.82) is 0 Å². The molecule has 0 aromatic heterocycles. The van der Waals surface area contributed by atoms with Crippen molar-refractivity contribution in [2.75, 3.05) is 13.2 Å². The van der Waals surface area contributed by atoms with Crippen molar-refractivity contribution in [3.05, 3.63) is 36.4 Å². The second-order valence-electron chi connectivity index (χ2n) is 6.67. The number of hydrogen-bond donors (Lipinski definition) is 0. The Bertz CT molecular complexity index is 535. The van der Waals surface area contributed by atoms with Gasteiger partial charge in [-0.3, -0.25) is 0 Å². The van der Waals surface area contributed by atoms with E-state index in [-0.39, 0.29) is 0 Å². The zero-order chi connectivity index (χ0) is 15.9. The molecule has 0 aliphatic carbocycles. The van der Waals surface area contributed by atoms with E-state index in [1.165, 1.54) is 0 Å². The Morgan fingerprint density at radius 2 is 1.09 bits per heavy atom. The zero-order valence-electron chi connectivity index (χ0n) is 14.3. The van der Waals surface area contributed by atoms with E-state index in [1.807, 2.05) is 12.1 Å². The fourth-order valence-corrected chi connectivity index (χ4v) is 2.30. The van der Waals surface area contributed by atoms with Gasteiger partial charge in [0, 0.05) is 10.8 Å². The maximum Gasteiger partial charge on any atom is 0.127 e. The van der Waals surface area contributed by atoms with E-state index in [9.17, 15) is 0 Å². The van der Waals surface area contributed by atoms with E-state index in [2.05, 4.69) is 52.0 Å². The van der Waals surface area contributed by atoms with Crippen molar-refractivity contribution in [2.24, 2.45) is 11.8 Å². The van der Waals surface area contributed by atoms with Crippen LogP contribution in [0.5, 0.6) is 11.5 Å². The van der Waals surface area contributed by atoms with E-state index in [0.29, 0.717) is 11.8 Å². The minimum atomic E-state index is 0.657. The van der Waals surface area contributed by atoms with Crippen LogP contribution in [-0.4, -0.2) is 13.2 Å². The summed E-state index contributed by atoms with van der Waals surface area (Å²) in [6.07, 6.45) is 2.14. The highest BCUT2D eigenvalue weighted by Crippen LogP contribution is 2.33. The molecule has 22 heavy (non-hydrogen) atoms. The summed E-state index contributed by atoms with van der Waals surface area (Å²) in [6.45, 7) is 10.4. The molecule has 2 aromatic rings. The van der Waals surface area contributed by atoms with E-state index in [4.69, 9.17) is 9.47 Å². The van der Waals surface area contributed by atoms with Crippen LogP contribution in [0.2, 0.25) is 0 Å². The monoisotopic (exact) mass is 300 g/mol. The number of hydrogen-bond acceptors (Lipinski definition) is 2. The average Bonchev–Trinajstić information content (AvgIpc) is 2.48. The third-order valence-corrected chi connectivity index (χ3v) is 3.75. The van der Waals surface area contributed by atoms with Crippen LogP contribution in [0.15, 0.2) is 36.4 Å². The van der Waals surface area contributed by atoms with Gasteiger partial charge >= 0.3 is 0 Å². The topological polar surface area (TPSA) is 18.5 Å². The largest absolute Gasteiger partial charge is 0.493 e. The lowest BCUT2D eigenvalue weighted by molar-refractivity contribution is 0.286. The maximum absolute atomic E-state index is 5.97. The van der Waals surface area contributed by atoms with Crippen LogP contribution in [0, 0.1) is 11.8 Å². The van der Waals surface area contributed by atoms with Gasteiger partial charge < -0.3 is 9.47 Å². The molecular formula is C20H28O2. The van der Waals surface area contributed by atoms with Crippen LogP contribution >= 0.6 is 0 Å². The first kappa shape index (κ1) is 16.7. The van der Waals surface area contributed by atoms with Gasteiger partial charge in [0.05, 0.1) is 13.2 Å². The summed E-state index contributed by atoms with van der Waals surface area (Å²) in [4.78, 5) is 0. The molecule has 0 fully saturated rings. The second-order valence-corrected chi connectivity index (χ2v) is 6.67. The molecule has 0 radical (unpaired) electrons. The summed E-state index contributed by atoms with van der Waals surface area (Å²) < 4.78 is 11.9. The van der Waals surface area contributed by atoms with Gasteiger partial charge in [-0.25, -0.2) is 0 Å². The van der Waals surface area contributed by atoms with Crippen molar-refractivity contribution in [1.82, 2.24) is 0 Å². The Hall–Kier alpha value is -1.70. The van der Waals surface area contributed by atoms with Gasteiger partial charge in [-0.1, -0.05) is 52.0 Å². The summed E-state index contributed by atoms with van der Waals surface area (Å²) in [5.41, 5.74) is 0. The van der Waals surface area contributed by atoms with Gasteiger partial charge in [-0.15, -0.1) is 0 Å². The predicted molar refractivity (Wildman–Crippen MR) is 93.8 cm³/mol. The van der Waals surface area contributed by atoms with Crippen LogP contribution in [0.4, 0.5) is 0 Å². The summed E-state index contributed by atoms with van der Waals surface area (Å²) in [5, 5.41) is 2.27. The van der Waals surface area contributed by atoms with Crippen molar-refractivity contribution < 1.29 is 9.47 Å². The van der Waals surface area contributed by atoms with Gasteiger partial charge in [0.2, 0.25) is 0 Å². The number of fused-ring (bicyclic) bond motifs is 1. The fraction of sp³-hybridized carbons (Fsp3) is 0.500. The third-order valence-electron chi connectivity index (χ3n) is 3.75. The quantitative estimate of drug-likeness (QED) is 0.623. The van der Waals surface area contributed by atoms with Crippen LogP contribution < -0.4 is 9.47 Å². The van der Waals surface area contributed by atoms with Gasteiger partial charge in [-0.05, 0) is 36.8 Å². The summed E-state index contributed by atoms with van der Waals surface area (Å²) >= 11 is 0. The number of ether oxygens (including phenoxy) is 2. The zero-order valence-corrected chi connectivity index (χ0v) is 14.3. The van der Waals surface area contributed by atoms with Crippen LogP contribution in [0.3, 0.4) is 0 Å². The molecule has 0 spiro atoms. The highest BCUT2D eigenvalue weighted by Gasteiger charge is 2.08. The Morgan fingerprint density at radius 3 is 1.45 bits per heavy atom. The molecule has 0 unspecified atom stereocenters. The Morgan fingerprint density at radius 1 is 0.682 bits per heavy atom. The first-order valence-corrected chi connectivity index (χ1v) is 8.35. The molecule has 0 aliphatic rings. The van der Waals surface area contributed by atoms with Crippen molar-refractivity contribution in [2.45, 2.75) is 40.5 Å². The molecule has 0 atom stereocenters. The average molecular weight is 300 g/mol. The van der Waals surface area contributed by atoms with Gasteiger partial charge in [0.15, 0.2) is 0 Å². The Balaban J connectivity index is 2.15. The molecule has 2 aromatic carbocycles. The lowest BCUT2D eigenvalue weighted by Crippen LogP contribution is -2.03. The molecular weight excluding hydrogens is 272 g/mol. The lowest BCUT2D eigenvalue weighted by Gasteiger charge is -2.14. The highest BCUT2D eigenvalue weighted by molar-refractivity contribution is 5.93. The van der Waals surface area contributed by atoms with E-state index >= 15 is 0 Å². The summed E-state index contributed by atoms with van der Waals surface area (Å²) in [5.74, 6) is 3.22. The second kappa shape index (κ2) is 8.07. The molecule has 2 rings (SSSR count). The molecule has 0 amide bonds. The van der Waals surface area contributed by atoms with Gasteiger partial charge in [0.25, 0.3) is 0 Å². The van der Waals surface area contributed by atoms with Crippen molar-refractivity contribution in [3.8, 4) is 11.5 Å². The minimum Gasteiger partial charge on any atom is -0.493 e. The molecule has 2 nitrogen and oxygen atoms in total. The van der Waals surface area contributed by atoms with E-state index < -0.39 is 0 Å². The Kier molecular flexibility index (Phi) is 6.11. The molecule has 2 heteroatoms. The van der Waals surface area contributed by atoms with Gasteiger partial charge in [-0.2, -0.15) is 0 Å². The van der Waals surface area contributed by atoms with Crippen LogP contribution in [0.25, 0.3) is 10.8 Å². The number of rotatable bonds is 8. The standard InChI is InChI=1S/C20H28O2/c1-15(2)11-13-21-19-9-10-20(22-14-12-16(3)4)18-8-6-5-7-17(18)19/h5-10,15-16H,11-14H2,1-4H3. The molecule has 0 bridgehead atoms. The SMILES string of the molecule is CC(C)CCOc1ccc(OCCC(C)C)c2ccccc12. The normalized spacial score (nSPS) is 11.4. The van der Waals surface area contributed by atoms with Crippen molar-refractivity contribution in [3.63, 3.8) is 0 Å². The van der Waals surface area contributed by atoms with Crippen LogP contribution in [-0.2, 0) is 0 Å². The third kappa shape index (κ3) is 4.66. The number of benzene rings is 2. The first-order valence-electron chi connectivity index (χ1n) is 8.35. The molecule has 0 heterocycles. The fourth-order valence-electron chi connectivity index (χ4n) is 2.30. The smallest absolute Gasteiger partial charge is 0.127 e. The van der Waals surface area contributed by atoms with E-state index in [1.54, 1.807) is 0 Å². The molecule has 0 saturated carbocycles. The molecule has 120 valence electrons. The summed E-state index contributed by atoms with van der Waals surface area (Å²) in [6, 6.07) is 12.4. The molecule has 0 saturated heterocycles. The molecule has 0 N–H and O–H groups in total. The highest BCUT2D eigenvalue weighted by atomic mass is 16.5. The molecule has 0 aliphatic heterocycles. The predicted octanol–water partition coefficient (Wildman–Crippen LogP) is 5.69.